The van der Waals surface area contributed by atoms with E-state index in [1.165, 1.54) is 6.07 Å². The van der Waals surface area contributed by atoms with Crippen LogP contribution in [0.3, 0.4) is 0 Å². The van der Waals surface area contributed by atoms with Gasteiger partial charge in [0.25, 0.3) is 0 Å². The summed E-state index contributed by atoms with van der Waals surface area (Å²) in [5.41, 5.74) is 2.68. The van der Waals surface area contributed by atoms with Crippen molar-refractivity contribution in [3.8, 4) is 10.4 Å². The van der Waals surface area contributed by atoms with Gasteiger partial charge in [-0.15, -0.1) is 11.3 Å². The molecular weight excluding hydrogens is 172 g/mol. The van der Waals surface area contributed by atoms with E-state index in [2.05, 4.69) is 9.97 Å². The molecule has 3 nitrogen and oxygen atoms in total. The smallest absolute Gasteiger partial charge is 0.247 e. The Hall–Kier alpha value is -1.42. The number of rotatable bonds is 1. The van der Waals surface area contributed by atoms with Crippen molar-refractivity contribution in [3.63, 3.8) is 0 Å². The molecule has 0 amide bonds. The molecule has 0 aliphatic rings. The second-order valence-corrected chi connectivity index (χ2v) is 3.19. The number of thiazole rings is 1. The second-order valence-electron chi connectivity index (χ2n) is 2.31. The van der Waals surface area contributed by atoms with Gasteiger partial charge in [0.2, 0.25) is 5.56 Å². The van der Waals surface area contributed by atoms with Crippen molar-refractivity contribution in [2.45, 2.75) is 0 Å². The summed E-state index contributed by atoms with van der Waals surface area (Å²) in [5, 5.41) is 0. The maximum Gasteiger partial charge on any atom is 0.247 e. The molecule has 12 heavy (non-hydrogen) atoms. The maximum absolute atomic E-state index is 10.7. The molecule has 2 aromatic rings. The average Bonchev–Trinajstić information content (AvgIpc) is 2.58. The summed E-state index contributed by atoms with van der Waals surface area (Å²) >= 11 is 1.55. The number of aromatic amines is 1. The number of H-pyrrole nitrogens is 1. The van der Waals surface area contributed by atoms with E-state index in [4.69, 9.17) is 0 Å². The summed E-state index contributed by atoms with van der Waals surface area (Å²) in [6, 6.07) is 3.29. The van der Waals surface area contributed by atoms with Gasteiger partial charge >= 0.3 is 0 Å². The first kappa shape index (κ1) is 7.24. The van der Waals surface area contributed by atoms with Crippen LogP contribution < -0.4 is 5.56 Å². The van der Waals surface area contributed by atoms with Crippen molar-refractivity contribution in [2.75, 3.05) is 0 Å². The molecule has 0 atom stereocenters. The third-order valence-electron chi connectivity index (χ3n) is 1.50. The monoisotopic (exact) mass is 178 g/mol. The van der Waals surface area contributed by atoms with Gasteiger partial charge in [0.15, 0.2) is 0 Å². The number of hydrogen-bond donors (Lipinski definition) is 1. The van der Waals surface area contributed by atoms with E-state index in [-0.39, 0.29) is 5.56 Å². The van der Waals surface area contributed by atoms with Crippen LogP contribution in [0.25, 0.3) is 10.4 Å². The third kappa shape index (κ3) is 1.29. The highest BCUT2D eigenvalue weighted by Crippen LogP contribution is 2.20. The van der Waals surface area contributed by atoms with E-state index in [0.29, 0.717) is 0 Å². The minimum absolute atomic E-state index is 0.0803. The minimum Gasteiger partial charge on any atom is -0.328 e. The molecule has 2 heterocycles. The van der Waals surface area contributed by atoms with Crippen molar-refractivity contribution < 1.29 is 0 Å². The molecule has 2 aromatic heterocycles. The van der Waals surface area contributed by atoms with Gasteiger partial charge in [-0.05, 0) is 6.07 Å². The Labute approximate surface area is 72.7 Å². The molecule has 0 bridgehead atoms. The zero-order valence-electron chi connectivity index (χ0n) is 6.15. The highest BCUT2D eigenvalue weighted by Gasteiger charge is 1.97. The summed E-state index contributed by atoms with van der Waals surface area (Å²) in [5.74, 6) is 0. The van der Waals surface area contributed by atoms with Crippen molar-refractivity contribution in [2.24, 2.45) is 0 Å². The van der Waals surface area contributed by atoms with E-state index in [1.54, 1.807) is 35.3 Å². The molecule has 60 valence electrons. The van der Waals surface area contributed by atoms with Crippen LogP contribution in [0.15, 0.2) is 34.8 Å². The fourth-order valence-corrected chi connectivity index (χ4v) is 1.54. The van der Waals surface area contributed by atoms with E-state index in [1.807, 2.05) is 0 Å². The lowest BCUT2D eigenvalue weighted by molar-refractivity contribution is 1.24. The van der Waals surface area contributed by atoms with Crippen LogP contribution >= 0.6 is 11.3 Å². The Kier molecular flexibility index (Phi) is 1.75. The number of pyridine rings is 1. The summed E-state index contributed by atoms with van der Waals surface area (Å²) in [7, 11) is 0. The Morgan fingerprint density at radius 1 is 1.42 bits per heavy atom. The fraction of sp³-hybridized carbons (Fsp3) is 0. The van der Waals surface area contributed by atoms with Crippen LogP contribution in [0.2, 0.25) is 0 Å². The lowest BCUT2D eigenvalue weighted by atomic mass is 10.2. The molecule has 0 saturated carbocycles. The van der Waals surface area contributed by atoms with Crippen LogP contribution in [0.5, 0.6) is 0 Å². The number of nitrogens with one attached hydrogen (secondary N) is 1. The molecule has 0 aromatic carbocycles. The van der Waals surface area contributed by atoms with Crippen LogP contribution in [-0.2, 0) is 0 Å². The van der Waals surface area contributed by atoms with Gasteiger partial charge in [0, 0.05) is 24.0 Å². The van der Waals surface area contributed by atoms with Crippen LogP contribution in [0, 0.1) is 0 Å². The maximum atomic E-state index is 10.7. The Balaban J connectivity index is 2.49. The predicted octanol–water partition coefficient (Wildman–Crippen LogP) is 1.50. The minimum atomic E-state index is -0.0803. The summed E-state index contributed by atoms with van der Waals surface area (Å²) in [6.45, 7) is 0. The lowest BCUT2D eigenvalue weighted by Gasteiger charge is -1.92. The lowest BCUT2D eigenvalue weighted by Crippen LogP contribution is -2.00. The average molecular weight is 178 g/mol. The first-order valence-corrected chi connectivity index (χ1v) is 4.32. The van der Waals surface area contributed by atoms with Crippen LogP contribution in [0.4, 0.5) is 0 Å². The van der Waals surface area contributed by atoms with Gasteiger partial charge in [0.1, 0.15) is 0 Å². The Bertz CT molecular complexity index is 398. The first-order chi connectivity index (χ1) is 5.86. The Morgan fingerprint density at radius 3 is 2.92 bits per heavy atom. The molecule has 0 spiro atoms. The van der Waals surface area contributed by atoms with Gasteiger partial charge in [-0.2, -0.15) is 0 Å². The number of aromatic nitrogens is 2. The molecular formula is C8H6N2OS. The molecule has 0 unspecified atom stereocenters. The second kappa shape index (κ2) is 2.91. The van der Waals surface area contributed by atoms with E-state index in [0.717, 1.165) is 10.4 Å². The molecule has 0 fully saturated rings. The van der Waals surface area contributed by atoms with Crippen molar-refractivity contribution >= 4 is 11.3 Å². The third-order valence-corrected chi connectivity index (χ3v) is 2.32. The number of nitrogens with zero attached hydrogens (tertiary/aromatic N) is 1. The zero-order chi connectivity index (χ0) is 8.39. The summed E-state index contributed by atoms with van der Waals surface area (Å²) in [6.07, 6.45) is 3.47. The van der Waals surface area contributed by atoms with E-state index >= 15 is 0 Å². The van der Waals surface area contributed by atoms with Crippen LogP contribution in [0.1, 0.15) is 0 Å². The van der Waals surface area contributed by atoms with Gasteiger partial charge in [0.05, 0.1) is 10.4 Å². The van der Waals surface area contributed by atoms with E-state index in [9.17, 15) is 4.79 Å². The quantitative estimate of drug-likeness (QED) is 0.719. The topological polar surface area (TPSA) is 45.8 Å². The molecule has 0 saturated heterocycles. The van der Waals surface area contributed by atoms with Crippen molar-refractivity contribution in [1.29, 1.82) is 0 Å². The van der Waals surface area contributed by atoms with Gasteiger partial charge < -0.3 is 4.98 Å². The van der Waals surface area contributed by atoms with E-state index < -0.39 is 0 Å². The number of hydrogen-bond acceptors (Lipinski definition) is 3. The zero-order valence-corrected chi connectivity index (χ0v) is 6.97. The first-order valence-electron chi connectivity index (χ1n) is 3.44. The molecule has 0 aliphatic carbocycles. The van der Waals surface area contributed by atoms with Crippen molar-refractivity contribution in [3.05, 3.63) is 40.4 Å². The van der Waals surface area contributed by atoms with Gasteiger partial charge in [-0.3, -0.25) is 9.78 Å². The molecule has 0 aliphatic heterocycles. The van der Waals surface area contributed by atoms with Crippen molar-refractivity contribution in [1.82, 2.24) is 9.97 Å². The molecule has 2 rings (SSSR count). The normalized spacial score (nSPS) is 10.0. The Morgan fingerprint density at radius 2 is 2.33 bits per heavy atom. The summed E-state index contributed by atoms with van der Waals surface area (Å²) < 4.78 is 0. The van der Waals surface area contributed by atoms with Gasteiger partial charge in [-0.25, -0.2) is 0 Å². The van der Waals surface area contributed by atoms with Crippen LogP contribution in [-0.4, -0.2) is 9.97 Å². The predicted molar refractivity (Wildman–Crippen MR) is 48.2 cm³/mol. The molecule has 4 heteroatoms. The highest BCUT2D eigenvalue weighted by atomic mass is 32.1. The standard InChI is InChI=1S/C8H6N2OS/c11-8-2-1-6(3-10-8)7-4-9-5-12-7/h1-5H,(H,10,11). The fourth-order valence-electron chi connectivity index (χ4n) is 0.922. The molecule has 0 radical (unpaired) electrons. The van der Waals surface area contributed by atoms with Gasteiger partial charge in [-0.1, -0.05) is 0 Å². The largest absolute Gasteiger partial charge is 0.328 e. The SMILES string of the molecule is O=c1ccc(-c2cncs2)c[nH]1. The molecule has 1 N–H and O–H groups in total. The summed E-state index contributed by atoms with van der Waals surface area (Å²) in [4.78, 5) is 18.3. The highest BCUT2D eigenvalue weighted by molar-refractivity contribution is 7.13.